The van der Waals surface area contributed by atoms with E-state index >= 15 is 0 Å². The van der Waals surface area contributed by atoms with E-state index in [1.54, 1.807) is 0 Å². The van der Waals surface area contributed by atoms with Crippen LogP contribution in [0.5, 0.6) is 0 Å². The zero-order chi connectivity index (χ0) is 18.6. The van der Waals surface area contributed by atoms with Gasteiger partial charge in [-0.05, 0) is 48.8 Å². The van der Waals surface area contributed by atoms with E-state index in [-0.39, 0.29) is 6.04 Å². The van der Waals surface area contributed by atoms with Crippen molar-refractivity contribution in [1.29, 1.82) is 0 Å². The summed E-state index contributed by atoms with van der Waals surface area (Å²) in [6.07, 6.45) is 3.14. The molecule has 0 fully saturated rings. The van der Waals surface area contributed by atoms with Crippen LogP contribution in [-0.2, 0) is 13.0 Å². The lowest BCUT2D eigenvalue weighted by Gasteiger charge is -2.39. The van der Waals surface area contributed by atoms with Crippen LogP contribution in [0.1, 0.15) is 28.4 Å². The summed E-state index contributed by atoms with van der Waals surface area (Å²) in [5.41, 5.74) is 5.19. The van der Waals surface area contributed by atoms with E-state index in [1.165, 1.54) is 22.4 Å². The van der Waals surface area contributed by atoms with Crippen LogP contribution >= 0.6 is 12.2 Å². The minimum absolute atomic E-state index is 0.158. The van der Waals surface area contributed by atoms with Crippen LogP contribution in [0.2, 0.25) is 0 Å². The quantitative estimate of drug-likeness (QED) is 0.686. The highest BCUT2D eigenvalue weighted by Crippen LogP contribution is 2.32. The summed E-state index contributed by atoms with van der Waals surface area (Å²) in [4.78, 5) is 2.33. The molecule has 1 atom stereocenters. The van der Waals surface area contributed by atoms with E-state index in [9.17, 15) is 0 Å². The first-order valence-electron chi connectivity index (χ1n) is 9.52. The Bertz CT molecular complexity index is 899. The summed E-state index contributed by atoms with van der Waals surface area (Å²) < 4.78 is 2.34. The van der Waals surface area contributed by atoms with Gasteiger partial charge in [0.1, 0.15) is 0 Å². The van der Waals surface area contributed by atoms with Gasteiger partial charge in [-0.1, -0.05) is 60.2 Å². The molecule has 0 radical (unpaired) electrons. The molecule has 2 heterocycles. The van der Waals surface area contributed by atoms with Crippen LogP contribution in [-0.4, -0.2) is 27.7 Å². The molecule has 1 unspecified atom stereocenters. The summed E-state index contributed by atoms with van der Waals surface area (Å²) >= 11 is 5.80. The van der Waals surface area contributed by atoms with Gasteiger partial charge in [-0.2, -0.15) is 0 Å². The van der Waals surface area contributed by atoms with E-state index in [0.717, 1.165) is 31.2 Å². The standard InChI is InChI=1S/C23H25N3S/c1-18-9-11-20(12-10-18)22-21-8-5-15-25(21)16-17-26(22)23(27)24-14-13-19-6-3-2-4-7-19/h2-12,15,22H,13-14,16-17H2,1H3,(H,24,27). The molecule has 4 rings (SSSR count). The lowest BCUT2D eigenvalue weighted by molar-refractivity contribution is 0.286. The summed E-state index contributed by atoms with van der Waals surface area (Å²) in [6, 6.07) is 23.9. The molecule has 2 aromatic carbocycles. The molecule has 0 aliphatic carbocycles. The van der Waals surface area contributed by atoms with E-state index in [2.05, 4.69) is 94.6 Å². The highest BCUT2D eigenvalue weighted by molar-refractivity contribution is 7.80. The minimum atomic E-state index is 0.158. The van der Waals surface area contributed by atoms with Gasteiger partial charge in [0, 0.05) is 31.5 Å². The van der Waals surface area contributed by atoms with Gasteiger partial charge in [-0.15, -0.1) is 0 Å². The van der Waals surface area contributed by atoms with Crippen molar-refractivity contribution in [2.75, 3.05) is 13.1 Å². The Balaban J connectivity index is 1.51. The zero-order valence-electron chi connectivity index (χ0n) is 15.6. The average Bonchev–Trinajstić information content (AvgIpc) is 3.17. The maximum absolute atomic E-state index is 5.80. The Morgan fingerprint density at radius 2 is 1.78 bits per heavy atom. The van der Waals surface area contributed by atoms with Crippen LogP contribution in [0.15, 0.2) is 72.9 Å². The second-order valence-corrected chi connectivity index (χ2v) is 7.49. The van der Waals surface area contributed by atoms with E-state index < -0.39 is 0 Å². The van der Waals surface area contributed by atoms with Gasteiger partial charge in [0.05, 0.1) is 6.04 Å². The number of thiocarbonyl (C=S) groups is 1. The summed E-state index contributed by atoms with van der Waals surface area (Å²) in [7, 11) is 0. The third-order valence-corrected chi connectivity index (χ3v) is 5.60. The molecule has 0 saturated carbocycles. The maximum atomic E-state index is 5.80. The molecular formula is C23H25N3S. The highest BCUT2D eigenvalue weighted by atomic mass is 32.1. The van der Waals surface area contributed by atoms with Crippen LogP contribution in [0.25, 0.3) is 0 Å². The van der Waals surface area contributed by atoms with Gasteiger partial charge in [-0.3, -0.25) is 0 Å². The molecule has 3 aromatic rings. The Morgan fingerprint density at radius 1 is 1.00 bits per heavy atom. The molecule has 1 aliphatic heterocycles. The van der Waals surface area contributed by atoms with Crippen molar-refractivity contribution in [2.24, 2.45) is 0 Å². The normalized spacial score (nSPS) is 16.0. The molecule has 1 aromatic heterocycles. The van der Waals surface area contributed by atoms with Gasteiger partial charge in [0.15, 0.2) is 5.11 Å². The zero-order valence-corrected chi connectivity index (χ0v) is 16.5. The smallest absolute Gasteiger partial charge is 0.169 e. The Labute approximate surface area is 166 Å². The van der Waals surface area contributed by atoms with Crippen LogP contribution in [0.4, 0.5) is 0 Å². The Morgan fingerprint density at radius 3 is 2.56 bits per heavy atom. The third-order valence-electron chi connectivity index (χ3n) is 5.22. The van der Waals surface area contributed by atoms with Gasteiger partial charge < -0.3 is 14.8 Å². The lowest BCUT2D eigenvalue weighted by Crippen LogP contribution is -2.47. The minimum Gasteiger partial charge on any atom is -0.362 e. The van der Waals surface area contributed by atoms with Crippen molar-refractivity contribution in [1.82, 2.24) is 14.8 Å². The second kappa shape index (κ2) is 7.97. The fourth-order valence-electron chi connectivity index (χ4n) is 3.76. The number of hydrogen-bond acceptors (Lipinski definition) is 1. The molecule has 3 nitrogen and oxygen atoms in total. The number of nitrogens with one attached hydrogen (secondary N) is 1. The van der Waals surface area contributed by atoms with Crippen molar-refractivity contribution >= 4 is 17.3 Å². The van der Waals surface area contributed by atoms with Gasteiger partial charge in [-0.25, -0.2) is 0 Å². The number of hydrogen-bond donors (Lipinski definition) is 1. The number of nitrogens with zero attached hydrogens (tertiary/aromatic N) is 2. The maximum Gasteiger partial charge on any atom is 0.169 e. The Hall–Kier alpha value is -2.59. The fourth-order valence-corrected chi connectivity index (χ4v) is 4.06. The molecule has 0 amide bonds. The monoisotopic (exact) mass is 375 g/mol. The molecule has 0 saturated heterocycles. The Kier molecular flexibility index (Phi) is 5.26. The molecule has 138 valence electrons. The summed E-state index contributed by atoms with van der Waals surface area (Å²) in [6.45, 7) is 4.85. The van der Waals surface area contributed by atoms with Crippen molar-refractivity contribution in [3.8, 4) is 0 Å². The largest absolute Gasteiger partial charge is 0.362 e. The predicted molar refractivity (Wildman–Crippen MR) is 115 cm³/mol. The SMILES string of the molecule is Cc1ccc(C2c3cccn3CCN2C(=S)NCCc2ccccc2)cc1. The van der Waals surface area contributed by atoms with E-state index in [1.807, 2.05) is 0 Å². The van der Waals surface area contributed by atoms with Gasteiger partial charge in [0.2, 0.25) is 0 Å². The molecular weight excluding hydrogens is 350 g/mol. The topological polar surface area (TPSA) is 20.2 Å². The molecule has 1 aliphatic rings. The number of rotatable bonds is 4. The molecule has 0 bridgehead atoms. The first kappa shape index (κ1) is 17.8. The lowest BCUT2D eigenvalue weighted by atomic mass is 9.99. The number of aromatic nitrogens is 1. The first-order chi connectivity index (χ1) is 13.2. The molecule has 27 heavy (non-hydrogen) atoms. The van der Waals surface area contributed by atoms with E-state index in [4.69, 9.17) is 12.2 Å². The number of benzene rings is 2. The van der Waals surface area contributed by atoms with Crippen molar-refractivity contribution in [3.05, 3.63) is 95.3 Å². The summed E-state index contributed by atoms with van der Waals surface area (Å²) in [5.74, 6) is 0. The van der Waals surface area contributed by atoms with Crippen LogP contribution in [0.3, 0.4) is 0 Å². The molecule has 1 N–H and O–H groups in total. The van der Waals surface area contributed by atoms with Crippen molar-refractivity contribution < 1.29 is 0 Å². The van der Waals surface area contributed by atoms with Crippen LogP contribution in [0, 0.1) is 6.92 Å². The van der Waals surface area contributed by atoms with E-state index in [0.29, 0.717) is 0 Å². The average molecular weight is 376 g/mol. The van der Waals surface area contributed by atoms with Crippen LogP contribution < -0.4 is 5.32 Å². The molecule has 0 spiro atoms. The van der Waals surface area contributed by atoms with Gasteiger partial charge >= 0.3 is 0 Å². The predicted octanol–water partition coefficient (Wildman–Crippen LogP) is 4.32. The van der Waals surface area contributed by atoms with Gasteiger partial charge in [0.25, 0.3) is 0 Å². The number of fused-ring (bicyclic) bond motifs is 1. The summed E-state index contributed by atoms with van der Waals surface area (Å²) in [5, 5.41) is 4.32. The van der Waals surface area contributed by atoms with Crippen molar-refractivity contribution in [3.63, 3.8) is 0 Å². The van der Waals surface area contributed by atoms with Crippen molar-refractivity contribution in [2.45, 2.75) is 25.9 Å². The second-order valence-electron chi connectivity index (χ2n) is 7.10. The third kappa shape index (κ3) is 3.91. The highest BCUT2D eigenvalue weighted by Gasteiger charge is 2.30. The number of aryl methyl sites for hydroxylation is 1. The first-order valence-corrected chi connectivity index (χ1v) is 9.93. The fraction of sp³-hybridized carbons (Fsp3) is 0.261. The molecule has 4 heteroatoms.